The molecule has 1 unspecified atom stereocenters. The van der Waals surface area contributed by atoms with E-state index in [1.165, 1.54) is 0 Å². The number of imidazole rings is 2. The van der Waals surface area contributed by atoms with Crippen LogP contribution in [0.25, 0.3) is 5.69 Å². The van der Waals surface area contributed by atoms with Gasteiger partial charge in [-0.2, -0.15) is 0 Å². The van der Waals surface area contributed by atoms with Gasteiger partial charge < -0.3 is 14.5 Å². The fraction of sp³-hybridized carbons (Fsp3) is 0.200. The predicted molar refractivity (Wildman–Crippen MR) is 78.8 cm³/mol. The van der Waals surface area contributed by atoms with Crippen LogP contribution in [0.2, 0.25) is 0 Å². The Morgan fingerprint density at radius 1 is 1.20 bits per heavy atom. The van der Waals surface area contributed by atoms with Gasteiger partial charge in [-0.15, -0.1) is 0 Å². The Morgan fingerprint density at radius 3 is 2.80 bits per heavy atom. The van der Waals surface area contributed by atoms with Gasteiger partial charge in [0.25, 0.3) is 0 Å². The van der Waals surface area contributed by atoms with Crippen molar-refractivity contribution in [2.24, 2.45) is 7.05 Å². The molecule has 2 aromatic heterocycles. The topological polar surface area (TPSA) is 47.7 Å². The number of rotatable bonds is 4. The second kappa shape index (κ2) is 5.21. The van der Waals surface area contributed by atoms with Gasteiger partial charge in [0.1, 0.15) is 5.82 Å². The minimum Gasteiger partial charge on any atom is -0.375 e. The van der Waals surface area contributed by atoms with Crippen LogP contribution in [0.3, 0.4) is 0 Å². The molecule has 5 heteroatoms. The summed E-state index contributed by atoms with van der Waals surface area (Å²) >= 11 is 0. The van der Waals surface area contributed by atoms with Gasteiger partial charge in [0.2, 0.25) is 0 Å². The minimum absolute atomic E-state index is 0.146. The molecule has 0 radical (unpaired) electrons. The molecule has 0 saturated heterocycles. The third-order valence-electron chi connectivity index (χ3n) is 3.28. The molecular weight excluding hydrogens is 250 g/mol. The zero-order valence-electron chi connectivity index (χ0n) is 11.6. The van der Waals surface area contributed by atoms with Crippen molar-refractivity contribution in [3.63, 3.8) is 0 Å². The van der Waals surface area contributed by atoms with Gasteiger partial charge in [0.15, 0.2) is 0 Å². The first-order valence-corrected chi connectivity index (χ1v) is 6.56. The van der Waals surface area contributed by atoms with Gasteiger partial charge >= 0.3 is 0 Å². The van der Waals surface area contributed by atoms with Crippen LogP contribution in [0.15, 0.2) is 55.4 Å². The van der Waals surface area contributed by atoms with Gasteiger partial charge in [-0.25, -0.2) is 9.97 Å². The number of benzene rings is 1. The van der Waals surface area contributed by atoms with Crippen LogP contribution in [0.4, 0.5) is 5.69 Å². The first-order chi connectivity index (χ1) is 9.74. The zero-order valence-corrected chi connectivity index (χ0v) is 11.6. The predicted octanol–water partition coefficient (Wildman–Crippen LogP) is 2.78. The molecule has 0 bridgehead atoms. The van der Waals surface area contributed by atoms with Crippen LogP contribution < -0.4 is 5.32 Å². The summed E-state index contributed by atoms with van der Waals surface area (Å²) in [4.78, 5) is 8.44. The van der Waals surface area contributed by atoms with Crippen molar-refractivity contribution in [2.75, 3.05) is 5.32 Å². The molecular formula is C15H17N5. The monoisotopic (exact) mass is 267 g/mol. The third kappa shape index (κ3) is 2.42. The van der Waals surface area contributed by atoms with Crippen LogP contribution >= 0.6 is 0 Å². The highest BCUT2D eigenvalue weighted by Crippen LogP contribution is 2.20. The normalized spacial score (nSPS) is 12.3. The largest absolute Gasteiger partial charge is 0.375 e. The van der Waals surface area contributed by atoms with E-state index in [4.69, 9.17) is 0 Å². The fourth-order valence-corrected chi connectivity index (χ4v) is 2.28. The van der Waals surface area contributed by atoms with Crippen LogP contribution in [0, 0.1) is 0 Å². The van der Waals surface area contributed by atoms with Crippen molar-refractivity contribution >= 4 is 5.69 Å². The molecule has 1 aromatic carbocycles. The second-order valence-corrected chi connectivity index (χ2v) is 4.78. The van der Waals surface area contributed by atoms with E-state index in [0.29, 0.717) is 0 Å². The SMILES string of the molecule is CC(Nc1cccc(-n2ccnc2)c1)c1nccn1C. The molecule has 3 aromatic rings. The molecule has 1 atom stereocenters. The van der Waals surface area contributed by atoms with Crippen LogP contribution in [-0.2, 0) is 7.05 Å². The van der Waals surface area contributed by atoms with Crippen molar-refractivity contribution in [1.82, 2.24) is 19.1 Å². The van der Waals surface area contributed by atoms with E-state index in [0.717, 1.165) is 17.2 Å². The Labute approximate surface area is 117 Å². The van der Waals surface area contributed by atoms with Gasteiger partial charge in [-0.1, -0.05) is 6.07 Å². The summed E-state index contributed by atoms with van der Waals surface area (Å²) in [6, 6.07) is 8.38. The lowest BCUT2D eigenvalue weighted by Crippen LogP contribution is -2.12. The summed E-state index contributed by atoms with van der Waals surface area (Å²) in [6.07, 6.45) is 9.27. The molecule has 5 nitrogen and oxygen atoms in total. The van der Waals surface area contributed by atoms with E-state index in [1.54, 1.807) is 12.5 Å². The van der Waals surface area contributed by atoms with Crippen LogP contribution in [0.1, 0.15) is 18.8 Å². The first-order valence-electron chi connectivity index (χ1n) is 6.56. The highest BCUT2D eigenvalue weighted by molar-refractivity contribution is 5.51. The molecule has 0 aliphatic rings. The average molecular weight is 267 g/mol. The first kappa shape index (κ1) is 12.5. The summed E-state index contributed by atoms with van der Waals surface area (Å²) in [5.74, 6) is 1.01. The maximum Gasteiger partial charge on any atom is 0.130 e. The van der Waals surface area contributed by atoms with Crippen LogP contribution in [-0.4, -0.2) is 19.1 Å². The Morgan fingerprint density at radius 2 is 2.10 bits per heavy atom. The van der Waals surface area contributed by atoms with Crippen molar-refractivity contribution in [3.05, 3.63) is 61.2 Å². The summed E-state index contributed by atoms with van der Waals surface area (Å²) in [5, 5.41) is 3.47. The van der Waals surface area contributed by atoms with E-state index in [-0.39, 0.29) is 6.04 Å². The molecule has 0 spiro atoms. The van der Waals surface area contributed by atoms with Crippen molar-refractivity contribution in [2.45, 2.75) is 13.0 Å². The van der Waals surface area contributed by atoms with Gasteiger partial charge in [-0.3, -0.25) is 0 Å². The lowest BCUT2D eigenvalue weighted by Gasteiger charge is -2.16. The molecule has 1 N–H and O–H groups in total. The Balaban J connectivity index is 1.81. The lowest BCUT2D eigenvalue weighted by molar-refractivity contribution is 0.721. The van der Waals surface area contributed by atoms with E-state index < -0.39 is 0 Å². The molecule has 0 aliphatic carbocycles. The van der Waals surface area contributed by atoms with Crippen molar-refractivity contribution < 1.29 is 0 Å². The summed E-state index contributed by atoms with van der Waals surface area (Å²) in [7, 11) is 2.00. The fourth-order valence-electron chi connectivity index (χ4n) is 2.28. The molecule has 3 rings (SSSR count). The third-order valence-corrected chi connectivity index (χ3v) is 3.28. The number of nitrogens with zero attached hydrogens (tertiary/aromatic N) is 4. The minimum atomic E-state index is 0.146. The number of hydrogen-bond donors (Lipinski definition) is 1. The number of hydrogen-bond acceptors (Lipinski definition) is 3. The molecule has 0 aliphatic heterocycles. The molecule has 20 heavy (non-hydrogen) atoms. The van der Waals surface area contributed by atoms with Gasteiger partial charge in [0, 0.05) is 43.2 Å². The van der Waals surface area contributed by atoms with E-state index >= 15 is 0 Å². The second-order valence-electron chi connectivity index (χ2n) is 4.78. The standard InChI is InChI=1S/C15H17N5/c1-12(15-17-7-8-19(15)2)18-13-4-3-5-14(10-13)20-9-6-16-11-20/h3-12,18H,1-2H3. The Kier molecular flexibility index (Phi) is 3.25. The van der Waals surface area contributed by atoms with Crippen molar-refractivity contribution in [3.8, 4) is 5.69 Å². The molecule has 0 saturated carbocycles. The molecule has 2 heterocycles. The lowest BCUT2D eigenvalue weighted by atomic mass is 10.2. The highest BCUT2D eigenvalue weighted by Gasteiger charge is 2.10. The molecule has 102 valence electrons. The van der Waals surface area contributed by atoms with Crippen LogP contribution in [0.5, 0.6) is 0 Å². The number of aryl methyl sites for hydroxylation is 1. The van der Waals surface area contributed by atoms with Crippen molar-refractivity contribution in [1.29, 1.82) is 0 Å². The number of aromatic nitrogens is 4. The Bertz CT molecular complexity index is 684. The quantitative estimate of drug-likeness (QED) is 0.790. The van der Waals surface area contributed by atoms with E-state index in [9.17, 15) is 0 Å². The van der Waals surface area contributed by atoms with E-state index in [1.807, 2.05) is 40.8 Å². The maximum atomic E-state index is 4.37. The molecule has 0 fully saturated rings. The molecule has 0 amide bonds. The summed E-state index contributed by atoms with van der Waals surface area (Å²) in [5.41, 5.74) is 2.14. The highest BCUT2D eigenvalue weighted by atomic mass is 15.1. The van der Waals surface area contributed by atoms with E-state index in [2.05, 4.69) is 40.4 Å². The summed E-state index contributed by atoms with van der Waals surface area (Å²) < 4.78 is 4.01. The average Bonchev–Trinajstić information content (AvgIpc) is 3.09. The smallest absolute Gasteiger partial charge is 0.130 e. The Hall–Kier alpha value is -2.56. The maximum absolute atomic E-state index is 4.37. The summed E-state index contributed by atoms with van der Waals surface area (Å²) in [6.45, 7) is 2.10. The van der Waals surface area contributed by atoms with Gasteiger partial charge in [0.05, 0.1) is 12.4 Å². The number of nitrogens with one attached hydrogen (secondary N) is 1. The van der Waals surface area contributed by atoms with Gasteiger partial charge in [-0.05, 0) is 25.1 Å². The zero-order chi connectivity index (χ0) is 13.9. The number of anilines is 1.